The summed E-state index contributed by atoms with van der Waals surface area (Å²) in [4.78, 5) is 2.33. The van der Waals surface area contributed by atoms with E-state index in [1.165, 1.54) is 12.8 Å². The molecule has 0 aromatic rings. The second-order valence-electron chi connectivity index (χ2n) is 4.48. The van der Waals surface area contributed by atoms with E-state index in [4.69, 9.17) is 0 Å². The number of hydrogen-bond donors (Lipinski definition) is 1. The van der Waals surface area contributed by atoms with Gasteiger partial charge in [-0.1, -0.05) is 0 Å². The van der Waals surface area contributed by atoms with Crippen molar-refractivity contribution in [2.24, 2.45) is 5.92 Å². The van der Waals surface area contributed by atoms with Crippen molar-refractivity contribution in [3.8, 4) is 0 Å². The van der Waals surface area contributed by atoms with Crippen LogP contribution in [0, 0.1) is 5.92 Å². The Labute approximate surface area is 79.5 Å². The molecule has 1 aliphatic heterocycles. The molecule has 2 fully saturated rings. The summed E-state index contributed by atoms with van der Waals surface area (Å²) in [7, 11) is 0. The molecule has 0 amide bonds. The van der Waals surface area contributed by atoms with Gasteiger partial charge >= 0.3 is 0 Å². The highest BCUT2D eigenvalue weighted by molar-refractivity contribution is 5.02. The number of halogens is 1. The minimum atomic E-state index is -0.206. The lowest BCUT2D eigenvalue weighted by atomic mass is 9.91. The van der Waals surface area contributed by atoms with Gasteiger partial charge in [0.15, 0.2) is 0 Å². The molecule has 1 N–H and O–H groups in total. The summed E-state index contributed by atoms with van der Waals surface area (Å²) in [6.07, 6.45) is 2.67. The Hall–Kier alpha value is -0.150. The molecule has 1 saturated carbocycles. The number of hydrogen-bond acceptors (Lipinski definition) is 2. The Bertz CT molecular complexity index is 180. The average molecular weight is 186 g/mol. The van der Waals surface area contributed by atoms with Crippen molar-refractivity contribution in [1.82, 2.24) is 10.2 Å². The Morgan fingerprint density at radius 3 is 2.92 bits per heavy atom. The predicted octanol–water partition coefficient (Wildman–Crippen LogP) is 1.03. The van der Waals surface area contributed by atoms with Crippen molar-refractivity contribution in [2.75, 3.05) is 32.9 Å². The summed E-state index contributed by atoms with van der Waals surface area (Å²) < 4.78 is 12.3. The Morgan fingerprint density at radius 2 is 2.31 bits per heavy atom. The molecule has 3 heteroatoms. The van der Waals surface area contributed by atoms with Crippen molar-refractivity contribution in [3.05, 3.63) is 0 Å². The van der Waals surface area contributed by atoms with E-state index < -0.39 is 0 Å². The van der Waals surface area contributed by atoms with Crippen LogP contribution in [0.5, 0.6) is 0 Å². The fourth-order valence-corrected chi connectivity index (χ4v) is 2.50. The molecule has 2 nitrogen and oxygen atoms in total. The predicted molar refractivity (Wildman–Crippen MR) is 51.5 cm³/mol. The topological polar surface area (TPSA) is 15.3 Å². The Balaban J connectivity index is 2.02. The highest BCUT2D eigenvalue weighted by atomic mass is 19.1. The average Bonchev–Trinajstić information content (AvgIpc) is 2.92. The molecule has 2 rings (SSSR count). The van der Waals surface area contributed by atoms with Crippen LogP contribution in [0.15, 0.2) is 0 Å². The van der Waals surface area contributed by atoms with Crippen molar-refractivity contribution in [1.29, 1.82) is 0 Å². The maximum absolute atomic E-state index is 12.3. The number of alkyl halides is 1. The van der Waals surface area contributed by atoms with E-state index >= 15 is 0 Å². The molecular formula is C10H19FN2. The third-order valence-electron chi connectivity index (χ3n) is 3.58. The lowest BCUT2D eigenvalue weighted by Gasteiger charge is -2.45. The quantitative estimate of drug-likeness (QED) is 0.708. The molecule has 0 spiro atoms. The van der Waals surface area contributed by atoms with E-state index in [-0.39, 0.29) is 12.2 Å². The van der Waals surface area contributed by atoms with Gasteiger partial charge in [0.25, 0.3) is 0 Å². The highest BCUT2D eigenvalue weighted by Gasteiger charge is 2.46. The SMILES string of the molecule is CC1(C2CC2)CNCCN1CCF. The number of nitrogens with one attached hydrogen (secondary N) is 1. The van der Waals surface area contributed by atoms with Crippen LogP contribution in [-0.4, -0.2) is 43.3 Å². The molecule has 0 aromatic carbocycles. The minimum Gasteiger partial charge on any atom is -0.314 e. The van der Waals surface area contributed by atoms with Gasteiger partial charge in [-0.15, -0.1) is 0 Å². The fourth-order valence-electron chi connectivity index (χ4n) is 2.50. The van der Waals surface area contributed by atoms with E-state index in [9.17, 15) is 4.39 Å². The van der Waals surface area contributed by atoms with Crippen LogP contribution in [0.1, 0.15) is 19.8 Å². The van der Waals surface area contributed by atoms with Crippen LogP contribution in [0.3, 0.4) is 0 Å². The van der Waals surface area contributed by atoms with Crippen molar-refractivity contribution >= 4 is 0 Å². The largest absolute Gasteiger partial charge is 0.314 e. The normalized spacial score (nSPS) is 36.5. The first-order valence-corrected chi connectivity index (χ1v) is 5.29. The number of rotatable bonds is 3. The molecule has 13 heavy (non-hydrogen) atoms. The van der Waals surface area contributed by atoms with E-state index in [0.717, 1.165) is 25.6 Å². The molecular weight excluding hydrogens is 167 g/mol. The zero-order chi connectivity index (χ0) is 9.31. The fraction of sp³-hybridized carbons (Fsp3) is 1.00. The molecule has 1 heterocycles. The van der Waals surface area contributed by atoms with E-state index in [2.05, 4.69) is 17.1 Å². The van der Waals surface area contributed by atoms with E-state index in [1.807, 2.05) is 0 Å². The van der Waals surface area contributed by atoms with Crippen LogP contribution in [0.2, 0.25) is 0 Å². The van der Waals surface area contributed by atoms with Gasteiger partial charge in [-0.05, 0) is 25.7 Å². The zero-order valence-corrected chi connectivity index (χ0v) is 8.35. The molecule has 1 unspecified atom stereocenters. The smallest absolute Gasteiger partial charge is 0.102 e. The standard InChI is InChI=1S/C10H19FN2/c1-10(9-2-3-9)8-12-5-7-13(10)6-4-11/h9,12H,2-8H2,1H3. The highest BCUT2D eigenvalue weighted by Crippen LogP contribution is 2.43. The maximum Gasteiger partial charge on any atom is 0.102 e. The molecule has 1 aliphatic carbocycles. The van der Waals surface area contributed by atoms with Gasteiger partial charge in [0.1, 0.15) is 6.67 Å². The van der Waals surface area contributed by atoms with E-state index in [1.54, 1.807) is 0 Å². The summed E-state index contributed by atoms with van der Waals surface area (Å²) in [6, 6.07) is 0. The second kappa shape index (κ2) is 3.54. The van der Waals surface area contributed by atoms with E-state index in [0.29, 0.717) is 6.54 Å². The van der Waals surface area contributed by atoms with Crippen molar-refractivity contribution in [2.45, 2.75) is 25.3 Å². The van der Waals surface area contributed by atoms with Gasteiger partial charge in [0.2, 0.25) is 0 Å². The first kappa shape index (κ1) is 9.41. The van der Waals surface area contributed by atoms with Gasteiger partial charge in [-0.3, -0.25) is 4.90 Å². The van der Waals surface area contributed by atoms with Crippen LogP contribution in [0.4, 0.5) is 4.39 Å². The van der Waals surface area contributed by atoms with Crippen LogP contribution in [-0.2, 0) is 0 Å². The van der Waals surface area contributed by atoms with Crippen molar-refractivity contribution < 1.29 is 4.39 Å². The Kier molecular flexibility index (Phi) is 2.56. The summed E-state index contributed by atoms with van der Waals surface area (Å²) >= 11 is 0. The monoisotopic (exact) mass is 186 g/mol. The molecule has 2 aliphatic rings. The van der Waals surface area contributed by atoms with Gasteiger partial charge < -0.3 is 5.32 Å². The maximum atomic E-state index is 12.3. The summed E-state index contributed by atoms with van der Waals surface area (Å²) in [5, 5.41) is 3.42. The lowest BCUT2D eigenvalue weighted by Crippen LogP contribution is -2.61. The molecule has 76 valence electrons. The second-order valence-corrected chi connectivity index (χ2v) is 4.48. The Morgan fingerprint density at radius 1 is 1.54 bits per heavy atom. The molecule has 1 atom stereocenters. The number of nitrogens with zero attached hydrogens (tertiary/aromatic N) is 1. The zero-order valence-electron chi connectivity index (χ0n) is 8.35. The summed E-state index contributed by atoms with van der Waals surface area (Å²) in [5.74, 6) is 0.812. The van der Waals surface area contributed by atoms with Crippen LogP contribution >= 0.6 is 0 Å². The van der Waals surface area contributed by atoms with Gasteiger partial charge in [0, 0.05) is 31.7 Å². The first-order valence-electron chi connectivity index (χ1n) is 5.29. The van der Waals surface area contributed by atoms with Crippen LogP contribution < -0.4 is 5.32 Å². The molecule has 0 radical (unpaired) electrons. The molecule has 1 saturated heterocycles. The summed E-state index contributed by atoms with van der Waals surface area (Å²) in [5.41, 5.74) is 0.240. The van der Waals surface area contributed by atoms with Crippen LogP contribution in [0.25, 0.3) is 0 Å². The first-order chi connectivity index (χ1) is 6.27. The molecule has 0 bridgehead atoms. The molecule has 0 aromatic heterocycles. The van der Waals surface area contributed by atoms with Crippen molar-refractivity contribution in [3.63, 3.8) is 0 Å². The minimum absolute atomic E-state index is 0.206. The van der Waals surface area contributed by atoms with Gasteiger partial charge in [-0.2, -0.15) is 0 Å². The number of piperazine rings is 1. The lowest BCUT2D eigenvalue weighted by molar-refractivity contribution is 0.0504. The van der Waals surface area contributed by atoms with Gasteiger partial charge in [-0.25, -0.2) is 4.39 Å². The summed E-state index contributed by atoms with van der Waals surface area (Å²) in [6.45, 7) is 5.76. The third-order valence-corrected chi connectivity index (χ3v) is 3.58. The third kappa shape index (κ3) is 1.72. The van der Waals surface area contributed by atoms with Gasteiger partial charge in [0.05, 0.1) is 0 Å².